The number of hydrogen-bond donors (Lipinski definition) is 0. The van der Waals surface area contributed by atoms with Gasteiger partial charge in [0, 0.05) is 47.6 Å². The molecular formula is C21H15N3O2. The van der Waals surface area contributed by atoms with Crippen LogP contribution in [0.25, 0.3) is 22.0 Å². The molecule has 126 valence electrons. The monoisotopic (exact) mass is 341 g/mol. The van der Waals surface area contributed by atoms with E-state index in [1.807, 2.05) is 48.5 Å². The molecule has 5 nitrogen and oxygen atoms in total. The lowest BCUT2D eigenvalue weighted by Gasteiger charge is -2.08. The Bertz CT molecular complexity index is 1090. The van der Waals surface area contributed by atoms with Gasteiger partial charge in [-0.3, -0.25) is 20.1 Å². The molecule has 0 unspecified atom stereocenters. The van der Waals surface area contributed by atoms with Crippen LogP contribution in [0.2, 0.25) is 0 Å². The van der Waals surface area contributed by atoms with Crippen molar-refractivity contribution in [2.45, 2.75) is 6.42 Å². The Morgan fingerprint density at radius 1 is 0.923 bits per heavy atom. The number of nitrogens with zero attached hydrogens (tertiary/aromatic N) is 3. The number of fused-ring (bicyclic) bond motifs is 1. The highest BCUT2D eigenvalue weighted by atomic mass is 16.6. The second kappa shape index (κ2) is 6.72. The van der Waals surface area contributed by atoms with Crippen molar-refractivity contribution in [3.63, 3.8) is 0 Å². The molecule has 0 aliphatic rings. The van der Waals surface area contributed by atoms with Gasteiger partial charge in [-0.05, 0) is 29.3 Å². The fourth-order valence-electron chi connectivity index (χ4n) is 3.02. The number of para-hydroxylation sites is 1. The molecule has 2 aromatic carbocycles. The maximum atomic E-state index is 11.1. The van der Waals surface area contributed by atoms with Crippen LogP contribution in [0, 0.1) is 10.1 Å². The van der Waals surface area contributed by atoms with Crippen LogP contribution in [0.4, 0.5) is 5.69 Å². The first-order valence-electron chi connectivity index (χ1n) is 8.23. The van der Waals surface area contributed by atoms with E-state index >= 15 is 0 Å². The van der Waals surface area contributed by atoms with Crippen molar-refractivity contribution in [2.24, 2.45) is 0 Å². The van der Waals surface area contributed by atoms with Crippen molar-refractivity contribution in [3.8, 4) is 11.1 Å². The van der Waals surface area contributed by atoms with Crippen molar-refractivity contribution in [2.75, 3.05) is 0 Å². The standard InChI is InChI=1S/C21H15N3O2/c25-24(26)19-5-1-4-17(14-19)20-6-2-3-16-7-8-18(23-21(16)20)13-15-9-11-22-12-10-15/h1-12,14H,13H2. The Kier molecular flexibility index (Phi) is 4.11. The summed E-state index contributed by atoms with van der Waals surface area (Å²) in [5.41, 5.74) is 4.69. The number of pyridine rings is 2. The summed E-state index contributed by atoms with van der Waals surface area (Å²) in [6.07, 6.45) is 4.25. The third-order valence-corrected chi connectivity index (χ3v) is 4.28. The van der Waals surface area contributed by atoms with E-state index in [9.17, 15) is 10.1 Å². The van der Waals surface area contributed by atoms with Crippen molar-refractivity contribution in [1.29, 1.82) is 0 Å². The number of aromatic nitrogens is 2. The van der Waals surface area contributed by atoms with E-state index in [1.54, 1.807) is 24.5 Å². The van der Waals surface area contributed by atoms with E-state index in [4.69, 9.17) is 4.98 Å². The quantitative estimate of drug-likeness (QED) is 0.395. The Balaban J connectivity index is 1.81. The fraction of sp³-hybridized carbons (Fsp3) is 0.0476. The third kappa shape index (κ3) is 3.15. The Morgan fingerprint density at radius 3 is 2.54 bits per heavy atom. The number of nitro benzene ring substituents is 1. The first-order valence-corrected chi connectivity index (χ1v) is 8.23. The van der Waals surface area contributed by atoms with Crippen molar-refractivity contribution >= 4 is 16.6 Å². The molecule has 2 aromatic heterocycles. The van der Waals surface area contributed by atoms with Crippen LogP contribution in [0.15, 0.2) is 79.1 Å². The van der Waals surface area contributed by atoms with Gasteiger partial charge in [0.25, 0.3) is 5.69 Å². The SMILES string of the molecule is O=[N+]([O-])c1cccc(-c2cccc3ccc(Cc4ccncc4)nc23)c1. The number of benzene rings is 2. The second-order valence-corrected chi connectivity index (χ2v) is 6.02. The average Bonchev–Trinajstić information content (AvgIpc) is 2.68. The van der Waals surface area contributed by atoms with E-state index in [0.717, 1.165) is 33.3 Å². The van der Waals surface area contributed by atoms with Crippen LogP contribution in [0.3, 0.4) is 0 Å². The van der Waals surface area contributed by atoms with Crippen LogP contribution in [0.5, 0.6) is 0 Å². The van der Waals surface area contributed by atoms with Crippen LogP contribution in [-0.2, 0) is 6.42 Å². The van der Waals surface area contributed by atoms with E-state index in [1.165, 1.54) is 6.07 Å². The molecule has 5 heteroatoms. The third-order valence-electron chi connectivity index (χ3n) is 4.28. The highest BCUT2D eigenvalue weighted by Gasteiger charge is 2.11. The van der Waals surface area contributed by atoms with Gasteiger partial charge in [-0.1, -0.05) is 36.4 Å². The molecule has 0 saturated heterocycles. The zero-order valence-corrected chi connectivity index (χ0v) is 13.9. The predicted molar refractivity (Wildman–Crippen MR) is 101 cm³/mol. The Morgan fingerprint density at radius 2 is 1.73 bits per heavy atom. The summed E-state index contributed by atoms with van der Waals surface area (Å²) in [5.74, 6) is 0. The van der Waals surface area contributed by atoms with Crippen LogP contribution in [-0.4, -0.2) is 14.9 Å². The minimum absolute atomic E-state index is 0.0763. The van der Waals surface area contributed by atoms with Gasteiger partial charge in [0.15, 0.2) is 0 Å². The lowest BCUT2D eigenvalue weighted by atomic mass is 10.0. The molecule has 26 heavy (non-hydrogen) atoms. The van der Waals surface area contributed by atoms with Gasteiger partial charge in [-0.2, -0.15) is 0 Å². The smallest absolute Gasteiger partial charge is 0.265 e. The van der Waals surface area contributed by atoms with E-state index < -0.39 is 0 Å². The summed E-state index contributed by atoms with van der Waals surface area (Å²) in [7, 11) is 0. The molecular weight excluding hydrogens is 326 g/mol. The van der Waals surface area contributed by atoms with Crippen molar-refractivity contribution < 1.29 is 4.92 Å². The first kappa shape index (κ1) is 15.9. The molecule has 4 rings (SSSR count). The van der Waals surface area contributed by atoms with Crippen LogP contribution in [0.1, 0.15) is 11.3 Å². The summed E-state index contributed by atoms with van der Waals surface area (Å²) in [6, 6.07) is 20.6. The van der Waals surface area contributed by atoms with Gasteiger partial charge < -0.3 is 0 Å². The van der Waals surface area contributed by atoms with Crippen LogP contribution >= 0.6 is 0 Å². The molecule has 0 amide bonds. The van der Waals surface area contributed by atoms with Gasteiger partial charge in [0.05, 0.1) is 10.4 Å². The normalized spacial score (nSPS) is 10.8. The van der Waals surface area contributed by atoms with Gasteiger partial charge in [-0.15, -0.1) is 0 Å². The summed E-state index contributed by atoms with van der Waals surface area (Å²) < 4.78 is 0. The summed E-state index contributed by atoms with van der Waals surface area (Å²) in [6.45, 7) is 0. The Hall–Kier alpha value is -3.60. The number of non-ortho nitro benzene ring substituents is 1. The minimum Gasteiger partial charge on any atom is -0.265 e. The molecule has 2 heterocycles. The fourth-order valence-corrected chi connectivity index (χ4v) is 3.02. The van der Waals surface area contributed by atoms with Gasteiger partial charge in [0.2, 0.25) is 0 Å². The number of nitro groups is 1. The maximum absolute atomic E-state index is 11.1. The second-order valence-electron chi connectivity index (χ2n) is 6.02. The molecule has 4 aromatic rings. The van der Waals surface area contributed by atoms with Gasteiger partial charge >= 0.3 is 0 Å². The average molecular weight is 341 g/mol. The molecule has 0 radical (unpaired) electrons. The highest BCUT2D eigenvalue weighted by Crippen LogP contribution is 2.30. The van der Waals surface area contributed by atoms with E-state index in [0.29, 0.717) is 6.42 Å². The molecule has 0 atom stereocenters. The predicted octanol–water partition coefficient (Wildman–Crippen LogP) is 4.80. The van der Waals surface area contributed by atoms with E-state index in [2.05, 4.69) is 4.98 Å². The van der Waals surface area contributed by atoms with Crippen molar-refractivity contribution in [3.05, 3.63) is 100 Å². The van der Waals surface area contributed by atoms with Crippen molar-refractivity contribution in [1.82, 2.24) is 9.97 Å². The topological polar surface area (TPSA) is 68.9 Å². The summed E-state index contributed by atoms with van der Waals surface area (Å²) in [5, 5.41) is 12.1. The van der Waals surface area contributed by atoms with Crippen LogP contribution < -0.4 is 0 Å². The highest BCUT2D eigenvalue weighted by molar-refractivity contribution is 5.94. The maximum Gasteiger partial charge on any atom is 0.270 e. The summed E-state index contributed by atoms with van der Waals surface area (Å²) >= 11 is 0. The molecule has 0 bridgehead atoms. The molecule has 0 saturated carbocycles. The zero-order chi connectivity index (χ0) is 17.9. The molecule has 0 aliphatic carbocycles. The van der Waals surface area contributed by atoms with Gasteiger partial charge in [-0.25, -0.2) is 0 Å². The lowest BCUT2D eigenvalue weighted by molar-refractivity contribution is -0.384. The number of hydrogen-bond acceptors (Lipinski definition) is 4. The zero-order valence-electron chi connectivity index (χ0n) is 13.9. The largest absolute Gasteiger partial charge is 0.270 e. The molecule has 0 spiro atoms. The Labute approximate surface area is 150 Å². The lowest BCUT2D eigenvalue weighted by Crippen LogP contribution is -1.95. The summed E-state index contributed by atoms with van der Waals surface area (Å²) in [4.78, 5) is 19.6. The molecule has 0 N–H and O–H groups in total. The minimum atomic E-state index is -0.378. The number of rotatable bonds is 4. The van der Waals surface area contributed by atoms with Gasteiger partial charge in [0.1, 0.15) is 0 Å². The molecule has 0 aliphatic heterocycles. The molecule has 0 fully saturated rings. The first-order chi connectivity index (χ1) is 12.7. The van der Waals surface area contributed by atoms with E-state index in [-0.39, 0.29) is 10.6 Å².